The molecule has 8 nitrogen and oxygen atoms in total. The van der Waals surface area contributed by atoms with Gasteiger partial charge < -0.3 is 24.4 Å². The van der Waals surface area contributed by atoms with Crippen LogP contribution in [0.25, 0.3) is 0 Å². The third kappa shape index (κ3) is 56000. The van der Waals surface area contributed by atoms with Crippen molar-refractivity contribution in [3.63, 3.8) is 0 Å². The molecular formula is Cu2NO7S+. The fourth-order valence-electron chi connectivity index (χ4n) is 0. The van der Waals surface area contributed by atoms with E-state index in [1.54, 1.807) is 0 Å². The molecule has 0 saturated carbocycles. The number of hydrogen-bond donors (Lipinski definition) is 0. The summed E-state index contributed by atoms with van der Waals surface area (Å²) >= 11 is 0. The third-order valence-corrected chi connectivity index (χ3v) is 0. The van der Waals surface area contributed by atoms with Gasteiger partial charge in [-0.3, -0.25) is 8.42 Å². The van der Waals surface area contributed by atoms with E-state index in [-0.39, 0.29) is 34.1 Å². The first kappa shape index (κ1) is 22.5. The SMILES string of the molecule is O=S(=O)([O-])[O-].O=[N+]([O-])[O-].[Cu+2].[Cu+2]. The van der Waals surface area contributed by atoms with Crippen molar-refractivity contribution in [2.75, 3.05) is 0 Å². The maximum atomic E-state index is 8.52. The van der Waals surface area contributed by atoms with Crippen LogP contribution in [0.15, 0.2) is 0 Å². The largest absolute Gasteiger partial charge is 2.00 e. The number of rotatable bonds is 0. The molecule has 0 atom stereocenters. The zero-order chi connectivity index (χ0) is 8.08. The Morgan fingerprint density at radius 3 is 1.00 bits per heavy atom. The van der Waals surface area contributed by atoms with Gasteiger partial charge in [0.25, 0.3) is 0 Å². The standard InChI is InChI=1S/2Cu.NO3.H2O4S/c;;2-1(3)4;1-5(2,3)4/h;;;(H2,1,2,3,4)/q2*+2;-1;/p-2. The van der Waals surface area contributed by atoms with Gasteiger partial charge in [0.05, 0.1) is 5.09 Å². The monoisotopic (exact) mass is 284 g/mol. The van der Waals surface area contributed by atoms with E-state index in [9.17, 15) is 0 Å². The second-order valence-electron chi connectivity index (χ2n) is 0.632. The molecule has 0 spiro atoms. The molecule has 11 heavy (non-hydrogen) atoms. The van der Waals surface area contributed by atoms with E-state index >= 15 is 0 Å². The van der Waals surface area contributed by atoms with Crippen LogP contribution in [0.1, 0.15) is 0 Å². The molecule has 74 valence electrons. The van der Waals surface area contributed by atoms with Crippen molar-refractivity contribution < 1.29 is 56.7 Å². The first-order valence-electron chi connectivity index (χ1n) is 1.21. The normalized spacial score (nSPS) is 7.45. The van der Waals surface area contributed by atoms with Crippen molar-refractivity contribution in [2.45, 2.75) is 0 Å². The van der Waals surface area contributed by atoms with Crippen LogP contribution in [0, 0.1) is 15.3 Å². The summed E-state index contributed by atoms with van der Waals surface area (Å²) < 4.78 is 34.1. The fourth-order valence-corrected chi connectivity index (χ4v) is 0. The third-order valence-electron chi connectivity index (χ3n) is 0. The molecule has 0 aromatic carbocycles. The molecule has 0 aromatic heterocycles. The summed E-state index contributed by atoms with van der Waals surface area (Å²) in [7, 11) is -5.17. The van der Waals surface area contributed by atoms with Crippen LogP contribution in [0.4, 0.5) is 0 Å². The number of nitrogens with zero attached hydrogens (tertiary/aromatic N) is 1. The van der Waals surface area contributed by atoms with E-state index in [0.29, 0.717) is 0 Å². The fraction of sp³-hybridized carbons (Fsp3) is 0. The van der Waals surface area contributed by atoms with E-state index in [4.69, 9.17) is 32.8 Å². The second kappa shape index (κ2) is 10.1. The molecule has 0 saturated heterocycles. The van der Waals surface area contributed by atoms with Crippen molar-refractivity contribution in [1.29, 1.82) is 0 Å². The Kier molecular flexibility index (Phi) is 20.6. The maximum absolute atomic E-state index is 8.52. The minimum Gasteiger partial charge on any atom is -0.759 e. The minimum absolute atomic E-state index is 0. The molecule has 0 fully saturated rings. The predicted molar refractivity (Wildman–Crippen MR) is 20.8 cm³/mol. The van der Waals surface area contributed by atoms with Crippen LogP contribution in [0.2, 0.25) is 0 Å². The van der Waals surface area contributed by atoms with Crippen LogP contribution in [-0.4, -0.2) is 22.6 Å². The van der Waals surface area contributed by atoms with Crippen LogP contribution in [-0.2, 0) is 44.5 Å². The maximum Gasteiger partial charge on any atom is 2.00 e. The zero-order valence-electron chi connectivity index (χ0n) is 4.32. The Bertz CT molecular complexity index is 159. The van der Waals surface area contributed by atoms with Gasteiger partial charge in [0, 0.05) is 10.4 Å². The van der Waals surface area contributed by atoms with E-state index in [0.717, 1.165) is 0 Å². The van der Waals surface area contributed by atoms with Gasteiger partial charge in [0.1, 0.15) is 0 Å². The first-order chi connectivity index (χ1) is 3.73. The Hall–Kier alpha value is 0.109. The first-order valence-corrected chi connectivity index (χ1v) is 2.55. The molecule has 11 heteroatoms. The van der Waals surface area contributed by atoms with Crippen molar-refractivity contribution in [3.8, 4) is 0 Å². The Morgan fingerprint density at radius 1 is 1.00 bits per heavy atom. The molecule has 2 radical (unpaired) electrons. The number of hydrogen-bond acceptors (Lipinski definition) is 7. The second-order valence-corrected chi connectivity index (χ2v) is 1.45. The minimum atomic E-state index is -5.17. The van der Waals surface area contributed by atoms with E-state index in [2.05, 4.69) is 0 Å². The van der Waals surface area contributed by atoms with Gasteiger partial charge in [-0.05, 0) is 0 Å². The summed E-state index contributed by atoms with van der Waals surface area (Å²) in [6.07, 6.45) is 0. The molecule has 0 aliphatic heterocycles. The average Bonchev–Trinajstić information content (AvgIpc) is 1.19. The van der Waals surface area contributed by atoms with Crippen LogP contribution < -0.4 is 0 Å². The molecule has 0 unspecified atom stereocenters. The van der Waals surface area contributed by atoms with E-state index in [1.165, 1.54) is 0 Å². The van der Waals surface area contributed by atoms with Crippen molar-refractivity contribution in [2.24, 2.45) is 0 Å². The predicted octanol–water partition coefficient (Wildman–Crippen LogP) is -1.58. The molecule has 0 amide bonds. The van der Waals surface area contributed by atoms with Crippen LogP contribution in [0.3, 0.4) is 0 Å². The van der Waals surface area contributed by atoms with Crippen LogP contribution in [0.5, 0.6) is 0 Å². The van der Waals surface area contributed by atoms with Crippen molar-refractivity contribution >= 4 is 10.4 Å². The molecule has 0 aliphatic carbocycles. The van der Waals surface area contributed by atoms with Crippen molar-refractivity contribution in [3.05, 3.63) is 15.3 Å². The van der Waals surface area contributed by atoms with E-state index in [1.807, 2.05) is 0 Å². The quantitative estimate of drug-likeness (QED) is 0.171. The van der Waals surface area contributed by atoms with Gasteiger partial charge in [-0.15, -0.1) is 0 Å². The summed E-state index contributed by atoms with van der Waals surface area (Å²) in [5, 5.41) is 14.8. The zero-order valence-corrected chi connectivity index (χ0v) is 7.02. The van der Waals surface area contributed by atoms with Gasteiger partial charge in [0.15, 0.2) is 0 Å². The molecule has 0 N–H and O–H groups in total. The Balaban J connectivity index is -0.0000000383. The Labute approximate surface area is 82.6 Å². The molecule has 0 aliphatic rings. The van der Waals surface area contributed by atoms with Crippen molar-refractivity contribution in [1.82, 2.24) is 0 Å². The summed E-state index contributed by atoms with van der Waals surface area (Å²) in [6, 6.07) is 0. The summed E-state index contributed by atoms with van der Waals surface area (Å²) in [4.78, 5) is 8.25. The average molecular weight is 285 g/mol. The van der Waals surface area contributed by atoms with Gasteiger partial charge in [-0.2, -0.15) is 0 Å². The molecule has 0 rings (SSSR count). The van der Waals surface area contributed by atoms with Gasteiger partial charge >= 0.3 is 34.1 Å². The van der Waals surface area contributed by atoms with Gasteiger partial charge in [0.2, 0.25) is 0 Å². The summed E-state index contributed by atoms with van der Waals surface area (Å²) in [6.45, 7) is 0. The Morgan fingerprint density at radius 2 is 1.00 bits per heavy atom. The topological polar surface area (TPSA) is 146 Å². The van der Waals surface area contributed by atoms with Gasteiger partial charge in [-0.25, -0.2) is 0 Å². The molecule has 0 heterocycles. The molecule has 0 aromatic rings. The molecule has 0 bridgehead atoms. The van der Waals surface area contributed by atoms with E-state index < -0.39 is 15.5 Å². The van der Waals surface area contributed by atoms with Gasteiger partial charge in [-0.1, -0.05) is 0 Å². The summed E-state index contributed by atoms with van der Waals surface area (Å²) in [5.74, 6) is 0. The summed E-state index contributed by atoms with van der Waals surface area (Å²) in [5.41, 5.74) is 0. The molecular weight excluding hydrogens is 285 g/mol. The smallest absolute Gasteiger partial charge is 0.759 e. The van der Waals surface area contributed by atoms with Crippen LogP contribution >= 0.6 is 0 Å².